The highest BCUT2D eigenvalue weighted by atomic mass is 16.3. The van der Waals surface area contributed by atoms with E-state index in [0.29, 0.717) is 12.2 Å². The summed E-state index contributed by atoms with van der Waals surface area (Å²) in [6.45, 7) is 0.773. The molecule has 0 fully saturated rings. The molecule has 0 bridgehead atoms. The smallest absolute Gasteiger partial charge is 0.274 e. The summed E-state index contributed by atoms with van der Waals surface area (Å²) in [6, 6.07) is 10.9. The van der Waals surface area contributed by atoms with E-state index >= 15 is 0 Å². The summed E-state index contributed by atoms with van der Waals surface area (Å²) in [4.78, 5) is 13.9. The van der Waals surface area contributed by atoms with Gasteiger partial charge in [-0.1, -0.05) is 24.3 Å². The van der Waals surface area contributed by atoms with Crippen LogP contribution in [0.2, 0.25) is 0 Å². The topological polar surface area (TPSA) is 66.3 Å². The molecule has 1 amide bonds. The minimum atomic E-state index is -0.648. The zero-order valence-electron chi connectivity index (χ0n) is 10.2. The summed E-state index contributed by atoms with van der Waals surface area (Å²) in [6.07, 6.45) is 0.877. The Kier molecular flexibility index (Phi) is 2.97. The fourth-order valence-electron chi connectivity index (χ4n) is 2.31. The number of hydrogen-bond donors (Lipinski definition) is 1. The van der Waals surface area contributed by atoms with Gasteiger partial charge < -0.3 is 10.0 Å². The van der Waals surface area contributed by atoms with E-state index < -0.39 is 6.10 Å². The third kappa shape index (κ3) is 2.20. The number of hydrogen-bond acceptors (Lipinski definition) is 4. The van der Waals surface area contributed by atoms with Crippen LogP contribution in [0.4, 0.5) is 0 Å². The highest BCUT2D eigenvalue weighted by Crippen LogP contribution is 2.26. The van der Waals surface area contributed by atoms with Crippen molar-refractivity contribution >= 4 is 5.91 Å². The Balaban J connectivity index is 1.88. The molecule has 5 nitrogen and oxygen atoms in total. The molecule has 0 radical (unpaired) electrons. The minimum absolute atomic E-state index is 0.207. The second-order valence-corrected chi connectivity index (χ2v) is 4.51. The second kappa shape index (κ2) is 4.78. The van der Waals surface area contributed by atoms with Crippen LogP contribution >= 0.6 is 0 Å². The number of rotatable bonds is 1. The maximum Gasteiger partial charge on any atom is 0.274 e. The van der Waals surface area contributed by atoms with E-state index in [4.69, 9.17) is 0 Å². The molecule has 0 aliphatic carbocycles. The molecule has 3 rings (SSSR count). The summed E-state index contributed by atoms with van der Waals surface area (Å²) in [5.41, 5.74) is 2.17. The second-order valence-electron chi connectivity index (χ2n) is 4.51. The van der Waals surface area contributed by atoms with Crippen molar-refractivity contribution in [2.45, 2.75) is 12.6 Å². The van der Waals surface area contributed by atoms with Gasteiger partial charge in [-0.05, 0) is 23.3 Å². The van der Waals surface area contributed by atoms with Gasteiger partial charge in [0.25, 0.3) is 5.91 Å². The minimum Gasteiger partial charge on any atom is -0.387 e. The zero-order valence-corrected chi connectivity index (χ0v) is 10.2. The third-order valence-electron chi connectivity index (χ3n) is 3.25. The first-order valence-corrected chi connectivity index (χ1v) is 6.08. The van der Waals surface area contributed by atoms with Crippen molar-refractivity contribution in [1.82, 2.24) is 15.1 Å². The lowest BCUT2D eigenvalue weighted by molar-refractivity contribution is 0.0543. The highest BCUT2D eigenvalue weighted by molar-refractivity contribution is 5.92. The summed E-state index contributed by atoms with van der Waals surface area (Å²) in [5.74, 6) is -0.207. The molecule has 19 heavy (non-hydrogen) atoms. The van der Waals surface area contributed by atoms with E-state index in [1.165, 1.54) is 6.20 Å². The van der Waals surface area contributed by atoms with Crippen LogP contribution in [0.1, 0.15) is 27.7 Å². The Morgan fingerprint density at radius 2 is 2.11 bits per heavy atom. The molecule has 1 aliphatic heterocycles. The van der Waals surface area contributed by atoms with Crippen LogP contribution in [-0.2, 0) is 6.54 Å². The average Bonchev–Trinajstić information content (AvgIpc) is 2.47. The van der Waals surface area contributed by atoms with Crippen molar-refractivity contribution < 1.29 is 9.90 Å². The number of fused-ring (bicyclic) bond motifs is 1. The number of nitrogens with zero attached hydrogens (tertiary/aromatic N) is 3. The van der Waals surface area contributed by atoms with E-state index in [1.807, 2.05) is 24.3 Å². The maximum absolute atomic E-state index is 12.3. The lowest BCUT2D eigenvalue weighted by atomic mass is 9.97. The Morgan fingerprint density at radius 3 is 2.89 bits per heavy atom. The van der Waals surface area contributed by atoms with Crippen molar-refractivity contribution in [3.8, 4) is 0 Å². The summed E-state index contributed by atoms with van der Waals surface area (Å²) >= 11 is 0. The molecule has 5 heteroatoms. The standard InChI is InChI=1S/C14H13N3O2/c18-13-9-17(8-10-4-1-2-5-11(10)13)14(19)12-6-3-7-15-16-12/h1-7,13,18H,8-9H2/t13-/m0/s1. The van der Waals surface area contributed by atoms with Gasteiger partial charge in [-0.2, -0.15) is 5.10 Å². The predicted molar refractivity (Wildman–Crippen MR) is 68.2 cm³/mol. The van der Waals surface area contributed by atoms with Crippen LogP contribution < -0.4 is 0 Å². The molecule has 2 aromatic rings. The molecule has 96 valence electrons. The van der Waals surface area contributed by atoms with Gasteiger partial charge in [-0.25, -0.2) is 0 Å². The van der Waals surface area contributed by atoms with E-state index in [9.17, 15) is 9.90 Å². The van der Waals surface area contributed by atoms with Crippen molar-refractivity contribution in [3.05, 3.63) is 59.4 Å². The number of aliphatic hydroxyl groups is 1. The van der Waals surface area contributed by atoms with Crippen molar-refractivity contribution in [2.75, 3.05) is 6.54 Å². The molecule has 0 saturated carbocycles. The van der Waals surface area contributed by atoms with Gasteiger partial charge in [0.2, 0.25) is 0 Å². The molecule has 1 aliphatic rings. The number of aliphatic hydroxyl groups excluding tert-OH is 1. The maximum atomic E-state index is 12.3. The molecule has 2 heterocycles. The summed E-state index contributed by atoms with van der Waals surface area (Å²) in [7, 11) is 0. The van der Waals surface area contributed by atoms with Crippen molar-refractivity contribution in [1.29, 1.82) is 0 Å². The number of benzene rings is 1. The first kappa shape index (κ1) is 11.8. The fourth-order valence-corrected chi connectivity index (χ4v) is 2.31. The lowest BCUT2D eigenvalue weighted by Gasteiger charge is -2.31. The Hall–Kier alpha value is -2.27. The number of carbonyl (C=O) groups is 1. The van der Waals surface area contributed by atoms with Gasteiger partial charge >= 0.3 is 0 Å². The largest absolute Gasteiger partial charge is 0.387 e. The number of aromatic nitrogens is 2. The molecule has 1 aromatic carbocycles. The van der Waals surface area contributed by atoms with E-state index in [2.05, 4.69) is 10.2 Å². The van der Waals surface area contributed by atoms with Crippen LogP contribution in [0.15, 0.2) is 42.6 Å². The van der Waals surface area contributed by atoms with Gasteiger partial charge in [-0.15, -0.1) is 5.10 Å². The molecule has 1 atom stereocenters. The fraction of sp³-hybridized carbons (Fsp3) is 0.214. The quantitative estimate of drug-likeness (QED) is 0.830. The molecule has 0 unspecified atom stereocenters. The summed E-state index contributed by atoms with van der Waals surface area (Å²) in [5, 5.41) is 17.6. The first-order valence-electron chi connectivity index (χ1n) is 6.08. The van der Waals surface area contributed by atoms with E-state index in [-0.39, 0.29) is 12.5 Å². The molecule has 1 aromatic heterocycles. The normalized spacial score (nSPS) is 17.9. The average molecular weight is 255 g/mol. The van der Waals surface area contributed by atoms with Crippen LogP contribution in [0.3, 0.4) is 0 Å². The first-order chi connectivity index (χ1) is 9.25. The number of carbonyl (C=O) groups excluding carboxylic acids is 1. The molecule has 0 spiro atoms. The molecular weight excluding hydrogens is 242 g/mol. The molecule has 1 N–H and O–H groups in total. The van der Waals surface area contributed by atoms with Gasteiger partial charge in [-0.3, -0.25) is 4.79 Å². The van der Waals surface area contributed by atoms with Crippen LogP contribution in [-0.4, -0.2) is 32.7 Å². The summed E-state index contributed by atoms with van der Waals surface area (Å²) < 4.78 is 0. The molecule has 0 saturated heterocycles. The molecular formula is C14H13N3O2. The van der Waals surface area contributed by atoms with Crippen LogP contribution in [0.25, 0.3) is 0 Å². The zero-order chi connectivity index (χ0) is 13.2. The van der Waals surface area contributed by atoms with Gasteiger partial charge in [0.05, 0.1) is 12.6 Å². The van der Waals surface area contributed by atoms with Gasteiger partial charge in [0.1, 0.15) is 0 Å². The SMILES string of the molecule is O=C(c1cccnn1)N1Cc2ccccc2[C@@H](O)C1. The van der Waals surface area contributed by atoms with Gasteiger partial charge in [0, 0.05) is 12.7 Å². The van der Waals surface area contributed by atoms with Crippen LogP contribution in [0, 0.1) is 0 Å². The Labute approximate surface area is 110 Å². The number of β-amino-alcohol motifs (C(OH)–C–C–N with tert-alkyl or cyclic N) is 1. The lowest BCUT2D eigenvalue weighted by Crippen LogP contribution is -2.38. The van der Waals surface area contributed by atoms with Crippen LogP contribution in [0.5, 0.6) is 0 Å². The Morgan fingerprint density at radius 1 is 1.26 bits per heavy atom. The monoisotopic (exact) mass is 255 g/mol. The predicted octanol–water partition coefficient (Wildman–Crippen LogP) is 1.17. The third-order valence-corrected chi connectivity index (χ3v) is 3.25. The number of amides is 1. The van der Waals surface area contributed by atoms with Crippen molar-refractivity contribution in [3.63, 3.8) is 0 Å². The van der Waals surface area contributed by atoms with Crippen molar-refractivity contribution in [2.24, 2.45) is 0 Å². The van der Waals surface area contributed by atoms with E-state index in [1.54, 1.807) is 17.0 Å². The highest BCUT2D eigenvalue weighted by Gasteiger charge is 2.27. The Bertz CT molecular complexity index is 601. The van der Waals surface area contributed by atoms with Gasteiger partial charge in [0.15, 0.2) is 5.69 Å². The van der Waals surface area contributed by atoms with E-state index in [0.717, 1.165) is 11.1 Å².